The number of aromatic nitrogens is 2. The Bertz CT molecular complexity index is 1020. The van der Waals surface area contributed by atoms with E-state index in [1.165, 1.54) is 12.1 Å². The highest BCUT2D eigenvalue weighted by Crippen LogP contribution is 2.36. The fourth-order valence-electron chi connectivity index (χ4n) is 2.68. The van der Waals surface area contributed by atoms with E-state index in [0.29, 0.717) is 12.1 Å². The number of pyridine rings is 1. The Hall–Kier alpha value is -2.58. The highest BCUT2D eigenvalue weighted by atomic mass is 35.5. The number of hydrogen-bond acceptors (Lipinski definition) is 4. The van der Waals surface area contributed by atoms with Crippen molar-refractivity contribution < 1.29 is 22.8 Å². The van der Waals surface area contributed by atoms with Gasteiger partial charge in [0.2, 0.25) is 0 Å². The number of halogens is 4. The lowest BCUT2D eigenvalue weighted by atomic mass is 10.0. The SMILES string of the molecule is CCn1c(-c2c(F)cc(F)cc2F)c(-c2cc(CO)on2)cc(Cl)c1=O. The Morgan fingerprint density at radius 2 is 1.85 bits per heavy atom. The van der Waals surface area contributed by atoms with Crippen LogP contribution >= 0.6 is 11.6 Å². The average molecular weight is 385 g/mol. The van der Waals surface area contributed by atoms with E-state index in [4.69, 9.17) is 21.2 Å². The largest absolute Gasteiger partial charge is 0.388 e. The van der Waals surface area contributed by atoms with Gasteiger partial charge in [0.25, 0.3) is 5.56 Å². The Labute approximate surface area is 150 Å². The second-order valence-electron chi connectivity index (χ2n) is 5.38. The lowest BCUT2D eigenvalue weighted by Gasteiger charge is -2.17. The minimum Gasteiger partial charge on any atom is -0.388 e. The van der Waals surface area contributed by atoms with Crippen molar-refractivity contribution in [3.05, 3.63) is 62.9 Å². The minimum absolute atomic E-state index is 0.0443. The first kappa shape index (κ1) is 18.2. The first-order valence-corrected chi connectivity index (χ1v) is 7.90. The molecule has 2 aromatic heterocycles. The molecule has 0 amide bonds. The first-order chi connectivity index (χ1) is 12.4. The third kappa shape index (κ3) is 3.02. The van der Waals surface area contributed by atoms with Crippen LogP contribution in [0.1, 0.15) is 12.7 Å². The molecule has 2 heterocycles. The van der Waals surface area contributed by atoms with Gasteiger partial charge < -0.3 is 14.2 Å². The molecule has 3 rings (SSSR count). The molecule has 5 nitrogen and oxygen atoms in total. The van der Waals surface area contributed by atoms with Crippen molar-refractivity contribution in [2.24, 2.45) is 0 Å². The van der Waals surface area contributed by atoms with Gasteiger partial charge in [-0.3, -0.25) is 4.79 Å². The van der Waals surface area contributed by atoms with Crippen LogP contribution in [0.5, 0.6) is 0 Å². The number of nitrogens with zero attached hydrogens (tertiary/aromatic N) is 2. The second-order valence-corrected chi connectivity index (χ2v) is 5.79. The summed E-state index contributed by atoms with van der Waals surface area (Å²) >= 11 is 5.96. The number of hydrogen-bond donors (Lipinski definition) is 1. The molecule has 0 aliphatic rings. The predicted molar refractivity (Wildman–Crippen MR) is 88.1 cm³/mol. The quantitative estimate of drug-likeness (QED) is 0.743. The molecule has 26 heavy (non-hydrogen) atoms. The van der Waals surface area contributed by atoms with Gasteiger partial charge in [0.15, 0.2) is 5.76 Å². The van der Waals surface area contributed by atoms with Crippen LogP contribution in [-0.4, -0.2) is 14.8 Å². The van der Waals surface area contributed by atoms with E-state index in [1.54, 1.807) is 6.92 Å². The van der Waals surface area contributed by atoms with Gasteiger partial charge in [-0.25, -0.2) is 13.2 Å². The van der Waals surface area contributed by atoms with E-state index in [9.17, 15) is 18.0 Å². The molecule has 0 atom stereocenters. The van der Waals surface area contributed by atoms with Crippen LogP contribution < -0.4 is 5.56 Å². The average Bonchev–Trinajstić information content (AvgIpc) is 3.06. The molecule has 0 radical (unpaired) electrons. The molecular weight excluding hydrogens is 373 g/mol. The fraction of sp³-hybridized carbons (Fsp3) is 0.176. The van der Waals surface area contributed by atoms with Crippen molar-refractivity contribution in [3.8, 4) is 22.5 Å². The van der Waals surface area contributed by atoms with E-state index in [2.05, 4.69) is 5.16 Å². The van der Waals surface area contributed by atoms with Crippen LogP contribution in [0, 0.1) is 17.5 Å². The smallest absolute Gasteiger partial charge is 0.269 e. The van der Waals surface area contributed by atoms with Crippen LogP contribution in [0.4, 0.5) is 13.2 Å². The molecule has 0 aliphatic heterocycles. The molecule has 0 aliphatic carbocycles. The monoisotopic (exact) mass is 384 g/mol. The summed E-state index contributed by atoms with van der Waals surface area (Å²) in [5, 5.41) is 12.7. The number of rotatable bonds is 4. The summed E-state index contributed by atoms with van der Waals surface area (Å²) in [5.74, 6) is -3.35. The summed E-state index contributed by atoms with van der Waals surface area (Å²) in [6, 6.07) is 3.58. The first-order valence-electron chi connectivity index (χ1n) is 7.52. The van der Waals surface area contributed by atoms with Crippen LogP contribution in [0.15, 0.2) is 33.6 Å². The Balaban J connectivity index is 2.43. The standard InChI is InChI=1S/C17H12ClF3N2O3/c1-2-23-16(15-12(20)3-8(19)4-13(15)21)10(6-11(18)17(23)25)14-5-9(7-24)26-22-14/h3-6,24H,2,7H2,1H3. The number of aliphatic hydroxyl groups is 1. The minimum atomic E-state index is -1.18. The van der Waals surface area contributed by atoms with Gasteiger partial charge in [0.1, 0.15) is 34.8 Å². The van der Waals surface area contributed by atoms with E-state index in [1.807, 2.05) is 0 Å². The molecule has 136 valence electrons. The van der Waals surface area contributed by atoms with Crippen LogP contribution in [0.25, 0.3) is 22.5 Å². The molecule has 0 saturated carbocycles. The summed E-state index contributed by atoms with van der Waals surface area (Å²) < 4.78 is 48.1. The Morgan fingerprint density at radius 1 is 1.19 bits per heavy atom. The summed E-state index contributed by atoms with van der Waals surface area (Å²) in [4.78, 5) is 12.4. The lowest BCUT2D eigenvalue weighted by molar-refractivity contribution is 0.229. The summed E-state index contributed by atoms with van der Waals surface area (Å²) in [6.45, 7) is 1.19. The van der Waals surface area contributed by atoms with Crippen molar-refractivity contribution in [3.63, 3.8) is 0 Å². The number of benzene rings is 1. The van der Waals surface area contributed by atoms with Crippen molar-refractivity contribution in [2.75, 3.05) is 0 Å². The van der Waals surface area contributed by atoms with E-state index in [-0.39, 0.29) is 34.3 Å². The van der Waals surface area contributed by atoms with Crippen molar-refractivity contribution in [1.29, 1.82) is 0 Å². The fourth-order valence-corrected chi connectivity index (χ4v) is 2.89. The van der Waals surface area contributed by atoms with Gasteiger partial charge in [0.05, 0.1) is 11.3 Å². The van der Waals surface area contributed by atoms with Gasteiger partial charge in [-0.2, -0.15) is 0 Å². The van der Waals surface area contributed by atoms with Gasteiger partial charge in [-0.05, 0) is 13.0 Å². The molecule has 1 aromatic carbocycles. The molecule has 0 unspecified atom stereocenters. The zero-order chi connectivity index (χ0) is 19.0. The lowest BCUT2D eigenvalue weighted by Crippen LogP contribution is -2.23. The highest BCUT2D eigenvalue weighted by Gasteiger charge is 2.24. The molecule has 3 aromatic rings. The van der Waals surface area contributed by atoms with Crippen molar-refractivity contribution in [1.82, 2.24) is 9.72 Å². The molecule has 0 spiro atoms. The predicted octanol–water partition coefficient (Wildman–Crippen LogP) is 3.75. The Kier molecular flexibility index (Phi) is 4.88. The third-order valence-corrected chi connectivity index (χ3v) is 4.07. The molecule has 9 heteroatoms. The van der Waals surface area contributed by atoms with Crippen LogP contribution in [0.3, 0.4) is 0 Å². The van der Waals surface area contributed by atoms with Crippen molar-refractivity contribution in [2.45, 2.75) is 20.1 Å². The molecule has 1 N–H and O–H groups in total. The van der Waals surface area contributed by atoms with E-state index < -0.39 is 35.2 Å². The maximum atomic E-state index is 14.4. The second kappa shape index (κ2) is 6.97. The van der Waals surface area contributed by atoms with Gasteiger partial charge in [-0.1, -0.05) is 16.8 Å². The molecule has 0 fully saturated rings. The zero-order valence-electron chi connectivity index (χ0n) is 13.4. The zero-order valence-corrected chi connectivity index (χ0v) is 14.1. The van der Waals surface area contributed by atoms with Crippen LogP contribution in [-0.2, 0) is 13.2 Å². The maximum Gasteiger partial charge on any atom is 0.269 e. The normalized spacial score (nSPS) is 11.2. The van der Waals surface area contributed by atoms with E-state index >= 15 is 0 Å². The van der Waals surface area contributed by atoms with E-state index in [0.717, 1.165) is 4.57 Å². The van der Waals surface area contributed by atoms with Gasteiger partial charge >= 0.3 is 0 Å². The van der Waals surface area contributed by atoms with Crippen LogP contribution in [0.2, 0.25) is 5.02 Å². The maximum absolute atomic E-state index is 14.4. The summed E-state index contributed by atoms with van der Waals surface area (Å²) in [7, 11) is 0. The third-order valence-electron chi connectivity index (χ3n) is 3.80. The summed E-state index contributed by atoms with van der Waals surface area (Å²) in [6.07, 6.45) is 0. The molecule has 0 saturated heterocycles. The topological polar surface area (TPSA) is 68.3 Å². The molecular formula is C17H12ClF3N2O3. The number of aliphatic hydroxyl groups excluding tert-OH is 1. The molecule has 0 bridgehead atoms. The summed E-state index contributed by atoms with van der Waals surface area (Å²) in [5.41, 5.74) is -1.21. The highest BCUT2D eigenvalue weighted by molar-refractivity contribution is 6.30. The van der Waals surface area contributed by atoms with Crippen molar-refractivity contribution >= 4 is 11.6 Å². The Morgan fingerprint density at radius 3 is 2.38 bits per heavy atom. The van der Waals surface area contributed by atoms with Gasteiger partial charge in [-0.15, -0.1) is 0 Å². The van der Waals surface area contributed by atoms with Gasteiger partial charge in [0, 0.05) is 30.3 Å².